The van der Waals surface area contributed by atoms with Gasteiger partial charge in [0.1, 0.15) is 5.60 Å². The first kappa shape index (κ1) is 27.3. The number of ether oxygens (including phenoxy) is 1. The minimum absolute atomic E-state index is 0. The Balaban J connectivity index is 0.00000450. The molecule has 30 heavy (non-hydrogen) atoms. The van der Waals surface area contributed by atoms with Crippen LogP contribution in [0.4, 0.5) is 4.79 Å². The quantitative estimate of drug-likeness (QED) is 0.295. The molecule has 2 aliphatic heterocycles. The number of carbonyl (C=O) groups is 1. The highest BCUT2D eigenvalue weighted by atomic mass is 127. The maximum Gasteiger partial charge on any atom is 0.408 e. The molecule has 0 spiro atoms. The molecule has 2 aliphatic rings. The number of hydrogen-bond acceptors (Lipinski definition) is 4. The number of carbonyl (C=O) groups excluding carboxylic acids is 1. The van der Waals surface area contributed by atoms with Gasteiger partial charge >= 0.3 is 6.09 Å². The lowest BCUT2D eigenvalue weighted by atomic mass is 9.93. The lowest BCUT2D eigenvalue weighted by Crippen LogP contribution is -2.57. The van der Waals surface area contributed by atoms with Crippen molar-refractivity contribution in [3.05, 3.63) is 0 Å². The second-order valence-electron chi connectivity index (χ2n) is 9.62. The van der Waals surface area contributed by atoms with E-state index in [0.29, 0.717) is 12.5 Å². The van der Waals surface area contributed by atoms with E-state index in [-0.39, 0.29) is 35.6 Å². The van der Waals surface area contributed by atoms with E-state index < -0.39 is 5.60 Å². The fraction of sp³-hybridized carbons (Fsp3) is 0.909. The Morgan fingerprint density at radius 2 is 1.77 bits per heavy atom. The van der Waals surface area contributed by atoms with Gasteiger partial charge in [0, 0.05) is 33.2 Å². The minimum Gasteiger partial charge on any atom is -0.444 e. The van der Waals surface area contributed by atoms with E-state index in [4.69, 9.17) is 4.74 Å². The van der Waals surface area contributed by atoms with Crippen LogP contribution in [0.3, 0.4) is 0 Å². The summed E-state index contributed by atoms with van der Waals surface area (Å²) in [7, 11) is 1.84. The van der Waals surface area contributed by atoms with Gasteiger partial charge in [0.15, 0.2) is 5.96 Å². The van der Waals surface area contributed by atoms with Gasteiger partial charge in [-0.2, -0.15) is 0 Å². The molecule has 0 saturated carbocycles. The Hall–Kier alpha value is -0.770. The van der Waals surface area contributed by atoms with E-state index in [1.165, 1.54) is 38.9 Å². The molecule has 2 heterocycles. The van der Waals surface area contributed by atoms with Crippen molar-refractivity contribution in [2.45, 2.75) is 77.9 Å². The van der Waals surface area contributed by atoms with Crippen LogP contribution in [0.2, 0.25) is 0 Å². The van der Waals surface area contributed by atoms with Gasteiger partial charge in [0.25, 0.3) is 0 Å². The zero-order valence-electron chi connectivity index (χ0n) is 19.9. The molecule has 0 radical (unpaired) electrons. The van der Waals surface area contributed by atoms with Crippen molar-refractivity contribution in [2.24, 2.45) is 10.9 Å². The van der Waals surface area contributed by atoms with Crippen molar-refractivity contribution in [1.82, 2.24) is 20.4 Å². The van der Waals surface area contributed by atoms with Crippen molar-refractivity contribution >= 4 is 36.0 Å². The zero-order chi connectivity index (χ0) is 21.5. The molecule has 0 bridgehead atoms. The minimum atomic E-state index is -0.499. The number of hydrogen-bond donors (Lipinski definition) is 2. The maximum atomic E-state index is 12.4. The summed E-state index contributed by atoms with van der Waals surface area (Å²) in [5.41, 5.74) is -0.854. The molecule has 1 unspecified atom stereocenters. The van der Waals surface area contributed by atoms with Gasteiger partial charge in [-0.1, -0.05) is 13.8 Å². The first-order chi connectivity index (χ1) is 13.7. The third kappa shape index (κ3) is 8.40. The standard InChI is InChI=1S/C22H43N5O2.HI/c1-7-22(8-2,25-20(28)29-21(3,4)5)17-24-19(23-6)27-14-11-18(16-27)15-26-12-9-10-13-26;/h18H,7-17H2,1-6H3,(H,23,24)(H,25,28);1H. The smallest absolute Gasteiger partial charge is 0.408 e. The van der Waals surface area contributed by atoms with Gasteiger partial charge in [0.05, 0.1) is 5.54 Å². The SMILES string of the molecule is CCC(CC)(CNC(=NC)N1CCC(CN2CCCC2)C1)NC(=O)OC(C)(C)C.I. The lowest BCUT2D eigenvalue weighted by molar-refractivity contribution is 0.0448. The van der Waals surface area contributed by atoms with Gasteiger partial charge in [-0.25, -0.2) is 4.79 Å². The van der Waals surface area contributed by atoms with E-state index >= 15 is 0 Å². The molecule has 0 aromatic carbocycles. The maximum absolute atomic E-state index is 12.4. The van der Waals surface area contributed by atoms with Crippen LogP contribution in [0.1, 0.15) is 66.7 Å². The van der Waals surface area contributed by atoms with Crippen molar-refractivity contribution in [2.75, 3.05) is 46.3 Å². The normalized spacial score (nSPS) is 20.8. The Kier molecular flexibility index (Phi) is 11.2. The Labute approximate surface area is 200 Å². The predicted octanol–water partition coefficient (Wildman–Crippen LogP) is 3.68. The largest absolute Gasteiger partial charge is 0.444 e. The molecular formula is C22H44IN5O2. The van der Waals surface area contributed by atoms with Gasteiger partial charge in [-0.15, -0.1) is 24.0 Å². The molecule has 0 aromatic heterocycles. The molecule has 7 nitrogen and oxygen atoms in total. The zero-order valence-corrected chi connectivity index (χ0v) is 22.3. The number of halogens is 1. The molecule has 1 amide bonds. The number of guanidine groups is 1. The molecule has 8 heteroatoms. The highest BCUT2D eigenvalue weighted by molar-refractivity contribution is 14.0. The lowest BCUT2D eigenvalue weighted by Gasteiger charge is -2.35. The number of alkyl carbamates (subject to hydrolysis) is 1. The Morgan fingerprint density at radius 3 is 2.30 bits per heavy atom. The van der Waals surface area contributed by atoms with Crippen molar-refractivity contribution < 1.29 is 9.53 Å². The molecule has 2 fully saturated rings. The summed E-state index contributed by atoms with van der Waals surface area (Å²) in [6.07, 6.45) is 5.21. The number of nitrogens with zero attached hydrogens (tertiary/aromatic N) is 3. The molecule has 0 aliphatic carbocycles. The van der Waals surface area contributed by atoms with E-state index in [1.807, 2.05) is 27.8 Å². The van der Waals surface area contributed by atoms with E-state index in [1.54, 1.807) is 0 Å². The number of likely N-dealkylation sites (tertiary alicyclic amines) is 2. The van der Waals surface area contributed by atoms with Crippen LogP contribution in [-0.4, -0.2) is 79.3 Å². The van der Waals surface area contributed by atoms with Gasteiger partial charge in [-0.05, 0) is 71.9 Å². The summed E-state index contributed by atoms with van der Waals surface area (Å²) < 4.78 is 5.48. The van der Waals surface area contributed by atoms with Crippen LogP contribution in [0.15, 0.2) is 4.99 Å². The molecular weight excluding hydrogens is 493 g/mol. The monoisotopic (exact) mass is 537 g/mol. The average molecular weight is 538 g/mol. The van der Waals surface area contributed by atoms with E-state index in [2.05, 4.69) is 39.3 Å². The third-order valence-electron chi connectivity index (χ3n) is 6.22. The molecule has 2 rings (SSSR count). The Morgan fingerprint density at radius 1 is 1.13 bits per heavy atom. The fourth-order valence-electron chi connectivity index (χ4n) is 4.33. The van der Waals surface area contributed by atoms with Gasteiger partial charge in [0.2, 0.25) is 0 Å². The fourth-order valence-corrected chi connectivity index (χ4v) is 4.33. The molecule has 176 valence electrons. The summed E-state index contributed by atoms with van der Waals surface area (Å²) in [5, 5.41) is 6.64. The van der Waals surface area contributed by atoms with Gasteiger partial charge in [-0.3, -0.25) is 4.99 Å². The van der Waals surface area contributed by atoms with Crippen molar-refractivity contribution in [3.63, 3.8) is 0 Å². The Bertz CT molecular complexity index is 554. The molecule has 2 N–H and O–H groups in total. The first-order valence-electron chi connectivity index (χ1n) is 11.4. The van der Waals surface area contributed by atoms with Crippen molar-refractivity contribution in [3.8, 4) is 0 Å². The highest BCUT2D eigenvalue weighted by Crippen LogP contribution is 2.21. The second kappa shape index (κ2) is 12.3. The van der Waals surface area contributed by atoms with Crippen LogP contribution in [0.5, 0.6) is 0 Å². The van der Waals surface area contributed by atoms with Crippen LogP contribution < -0.4 is 10.6 Å². The number of nitrogens with one attached hydrogen (secondary N) is 2. The summed E-state index contributed by atoms with van der Waals surface area (Å²) in [4.78, 5) is 21.9. The topological polar surface area (TPSA) is 69.2 Å². The summed E-state index contributed by atoms with van der Waals surface area (Å²) >= 11 is 0. The number of aliphatic imine (C=N–C) groups is 1. The summed E-state index contributed by atoms with van der Waals surface area (Å²) in [6.45, 7) is 16.3. The molecule has 1 atom stereocenters. The molecule has 2 saturated heterocycles. The van der Waals surface area contributed by atoms with E-state index in [0.717, 1.165) is 31.9 Å². The van der Waals surface area contributed by atoms with Crippen LogP contribution in [0, 0.1) is 5.92 Å². The predicted molar refractivity (Wildman–Crippen MR) is 135 cm³/mol. The third-order valence-corrected chi connectivity index (χ3v) is 6.22. The summed E-state index contributed by atoms with van der Waals surface area (Å²) in [6, 6.07) is 0. The van der Waals surface area contributed by atoms with E-state index in [9.17, 15) is 4.79 Å². The number of amides is 1. The van der Waals surface area contributed by atoms with Crippen LogP contribution in [0.25, 0.3) is 0 Å². The summed E-state index contributed by atoms with van der Waals surface area (Å²) in [5.74, 6) is 1.65. The van der Waals surface area contributed by atoms with Crippen molar-refractivity contribution in [1.29, 1.82) is 0 Å². The van der Waals surface area contributed by atoms with Crippen LogP contribution in [-0.2, 0) is 4.74 Å². The van der Waals surface area contributed by atoms with Crippen LogP contribution >= 0.6 is 24.0 Å². The average Bonchev–Trinajstić information content (AvgIpc) is 3.32. The van der Waals surface area contributed by atoms with Gasteiger partial charge < -0.3 is 25.2 Å². The number of rotatable bonds is 7. The first-order valence-corrected chi connectivity index (χ1v) is 11.4. The molecule has 0 aromatic rings. The second-order valence-corrected chi connectivity index (χ2v) is 9.62. The highest BCUT2D eigenvalue weighted by Gasteiger charge is 2.32.